The second-order valence-electron chi connectivity index (χ2n) is 4.89. The van der Waals surface area contributed by atoms with Crippen LogP contribution in [0, 0.1) is 5.82 Å². The molecule has 0 aliphatic heterocycles. The Morgan fingerprint density at radius 2 is 1.89 bits per heavy atom. The molecule has 0 saturated heterocycles. The van der Waals surface area contributed by atoms with Crippen LogP contribution < -0.4 is 10.5 Å². The van der Waals surface area contributed by atoms with E-state index in [9.17, 15) is 17.6 Å². The monoisotopic (exact) mass is 274 g/mol. The van der Waals surface area contributed by atoms with Crippen LogP contribution in [0.25, 0.3) is 0 Å². The second-order valence-corrected chi connectivity index (χ2v) is 6.45. The van der Waals surface area contributed by atoms with Crippen LogP contribution in [-0.4, -0.2) is 19.9 Å². The van der Waals surface area contributed by atoms with E-state index in [0.29, 0.717) is 0 Å². The van der Waals surface area contributed by atoms with Gasteiger partial charge in [-0.1, -0.05) is 0 Å². The van der Waals surface area contributed by atoms with Crippen molar-refractivity contribution in [1.29, 1.82) is 0 Å². The van der Waals surface area contributed by atoms with E-state index in [4.69, 9.17) is 5.14 Å². The minimum atomic E-state index is -3.97. The molecule has 0 heterocycles. The lowest BCUT2D eigenvalue weighted by Gasteiger charge is -2.20. The fourth-order valence-corrected chi connectivity index (χ4v) is 1.80. The minimum Gasteiger partial charge on any atom is -0.347 e. The Bertz CT molecular complexity index is 576. The van der Waals surface area contributed by atoms with Gasteiger partial charge in [0.05, 0.1) is 10.5 Å². The number of halogens is 1. The van der Waals surface area contributed by atoms with Crippen LogP contribution in [0.5, 0.6) is 0 Å². The van der Waals surface area contributed by atoms with E-state index in [1.165, 1.54) is 0 Å². The first-order valence-electron chi connectivity index (χ1n) is 5.15. The number of primary sulfonamides is 1. The highest BCUT2D eigenvalue weighted by molar-refractivity contribution is 7.89. The van der Waals surface area contributed by atoms with Crippen LogP contribution in [0.1, 0.15) is 31.1 Å². The summed E-state index contributed by atoms with van der Waals surface area (Å²) in [5, 5.41) is 7.46. The van der Waals surface area contributed by atoms with Crippen molar-refractivity contribution in [1.82, 2.24) is 5.32 Å². The molecule has 0 aliphatic carbocycles. The Morgan fingerprint density at radius 1 is 1.33 bits per heavy atom. The molecule has 0 aromatic heterocycles. The molecular formula is C11H15FN2O3S. The molecule has 7 heteroatoms. The fourth-order valence-electron chi connectivity index (χ4n) is 1.26. The molecule has 0 aliphatic rings. The van der Waals surface area contributed by atoms with E-state index < -0.39 is 27.3 Å². The van der Waals surface area contributed by atoms with Gasteiger partial charge in [0, 0.05) is 5.54 Å². The largest absolute Gasteiger partial charge is 0.347 e. The number of nitrogens with two attached hydrogens (primary N) is 1. The van der Waals surface area contributed by atoms with Crippen molar-refractivity contribution >= 4 is 15.9 Å². The van der Waals surface area contributed by atoms with E-state index in [0.717, 1.165) is 18.2 Å². The smallest absolute Gasteiger partial charge is 0.254 e. The van der Waals surface area contributed by atoms with Gasteiger partial charge in [-0.2, -0.15) is 0 Å². The quantitative estimate of drug-likeness (QED) is 0.843. The molecule has 5 nitrogen and oxygen atoms in total. The van der Waals surface area contributed by atoms with E-state index in [1.807, 2.05) is 0 Å². The van der Waals surface area contributed by atoms with Crippen molar-refractivity contribution in [2.75, 3.05) is 0 Å². The zero-order valence-corrected chi connectivity index (χ0v) is 11.1. The molecule has 0 spiro atoms. The average Bonchev–Trinajstić information content (AvgIpc) is 2.13. The molecule has 1 aromatic rings. The third-order valence-electron chi connectivity index (χ3n) is 2.00. The summed E-state index contributed by atoms with van der Waals surface area (Å²) in [4.78, 5) is 11.5. The maximum absolute atomic E-state index is 13.5. The normalized spacial score (nSPS) is 12.3. The van der Waals surface area contributed by atoms with Crippen molar-refractivity contribution in [3.63, 3.8) is 0 Å². The van der Waals surface area contributed by atoms with Crippen molar-refractivity contribution in [2.24, 2.45) is 5.14 Å². The maximum Gasteiger partial charge on any atom is 0.254 e. The van der Waals surface area contributed by atoms with E-state index in [-0.39, 0.29) is 10.5 Å². The molecule has 0 unspecified atom stereocenters. The first-order chi connectivity index (χ1) is 8.00. The van der Waals surface area contributed by atoms with Gasteiger partial charge in [0.2, 0.25) is 10.0 Å². The van der Waals surface area contributed by atoms with E-state index >= 15 is 0 Å². The molecule has 0 bridgehead atoms. The lowest BCUT2D eigenvalue weighted by molar-refractivity contribution is 0.0915. The Hall–Kier alpha value is -1.47. The summed E-state index contributed by atoms with van der Waals surface area (Å²) < 4.78 is 35.7. The molecule has 0 radical (unpaired) electrons. The lowest BCUT2D eigenvalue weighted by atomic mass is 10.1. The number of hydrogen-bond acceptors (Lipinski definition) is 3. The predicted octanol–water partition coefficient (Wildman–Crippen LogP) is 1.00. The highest BCUT2D eigenvalue weighted by atomic mass is 32.2. The van der Waals surface area contributed by atoms with Gasteiger partial charge in [-0.05, 0) is 39.0 Å². The van der Waals surface area contributed by atoms with Crippen molar-refractivity contribution in [3.8, 4) is 0 Å². The van der Waals surface area contributed by atoms with Gasteiger partial charge in [-0.25, -0.2) is 17.9 Å². The molecule has 1 amide bonds. The number of sulfonamides is 1. The number of benzene rings is 1. The molecule has 0 fully saturated rings. The van der Waals surface area contributed by atoms with Crippen LogP contribution >= 0.6 is 0 Å². The number of amides is 1. The number of nitrogens with one attached hydrogen (secondary N) is 1. The first-order valence-corrected chi connectivity index (χ1v) is 6.70. The van der Waals surface area contributed by atoms with Crippen LogP contribution in [0.4, 0.5) is 4.39 Å². The summed E-state index contributed by atoms with van der Waals surface area (Å²) in [5.41, 5.74) is -0.905. The Kier molecular flexibility index (Phi) is 3.78. The number of hydrogen-bond donors (Lipinski definition) is 2. The van der Waals surface area contributed by atoms with Crippen molar-refractivity contribution in [3.05, 3.63) is 29.6 Å². The second kappa shape index (κ2) is 4.66. The van der Waals surface area contributed by atoms with Crippen molar-refractivity contribution in [2.45, 2.75) is 31.2 Å². The predicted molar refractivity (Wildman–Crippen MR) is 65.0 cm³/mol. The molecule has 100 valence electrons. The standard InChI is InChI=1S/C11H15FN2O3S/c1-11(2,3)14-10(15)8-6-7(18(13,16)17)4-5-9(8)12/h4-6H,1-3H3,(H,14,15)(H2,13,16,17). The topological polar surface area (TPSA) is 89.3 Å². The molecular weight excluding hydrogens is 259 g/mol. The molecule has 0 saturated carbocycles. The maximum atomic E-state index is 13.5. The number of carbonyl (C=O) groups excluding carboxylic acids is 1. The highest BCUT2D eigenvalue weighted by Crippen LogP contribution is 2.15. The van der Waals surface area contributed by atoms with Gasteiger partial charge in [0.25, 0.3) is 5.91 Å². The van der Waals surface area contributed by atoms with Gasteiger partial charge >= 0.3 is 0 Å². The van der Waals surface area contributed by atoms with Gasteiger partial charge in [-0.3, -0.25) is 4.79 Å². The van der Waals surface area contributed by atoms with Crippen LogP contribution in [0.3, 0.4) is 0 Å². The fraction of sp³-hybridized carbons (Fsp3) is 0.364. The zero-order valence-electron chi connectivity index (χ0n) is 10.3. The van der Waals surface area contributed by atoms with Gasteiger partial charge < -0.3 is 5.32 Å². The zero-order chi connectivity index (χ0) is 14.1. The van der Waals surface area contributed by atoms with E-state index in [2.05, 4.69) is 5.32 Å². The molecule has 1 aromatic carbocycles. The third kappa shape index (κ3) is 3.78. The Morgan fingerprint density at radius 3 is 2.33 bits per heavy atom. The number of carbonyl (C=O) groups is 1. The van der Waals surface area contributed by atoms with E-state index in [1.54, 1.807) is 20.8 Å². The summed E-state index contributed by atoms with van der Waals surface area (Å²) in [7, 11) is -3.97. The molecule has 0 atom stereocenters. The van der Waals surface area contributed by atoms with Crippen molar-refractivity contribution < 1.29 is 17.6 Å². The summed E-state index contributed by atoms with van der Waals surface area (Å²) in [6.07, 6.45) is 0. The first kappa shape index (κ1) is 14.6. The summed E-state index contributed by atoms with van der Waals surface area (Å²) >= 11 is 0. The molecule has 3 N–H and O–H groups in total. The van der Waals surface area contributed by atoms with Crippen LogP contribution in [0.2, 0.25) is 0 Å². The summed E-state index contributed by atoms with van der Waals surface area (Å²) in [6, 6.07) is 2.83. The minimum absolute atomic E-state index is 0.303. The number of rotatable bonds is 2. The average molecular weight is 274 g/mol. The molecule has 18 heavy (non-hydrogen) atoms. The highest BCUT2D eigenvalue weighted by Gasteiger charge is 2.20. The lowest BCUT2D eigenvalue weighted by Crippen LogP contribution is -2.41. The summed E-state index contributed by atoms with van der Waals surface area (Å²) in [6.45, 7) is 5.19. The third-order valence-corrected chi connectivity index (χ3v) is 2.91. The Balaban J connectivity index is 3.21. The summed E-state index contributed by atoms with van der Waals surface area (Å²) in [5.74, 6) is -1.49. The van der Waals surface area contributed by atoms with Crippen LogP contribution in [-0.2, 0) is 10.0 Å². The molecule has 1 rings (SSSR count). The van der Waals surface area contributed by atoms with Gasteiger partial charge in [-0.15, -0.1) is 0 Å². The van der Waals surface area contributed by atoms with Gasteiger partial charge in [0.1, 0.15) is 5.82 Å². The SMILES string of the molecule is CC(C)(C)NC(=O)c1cc(S(N)(=O)=O)ccc1F. The van der Waals surface area contributed by atoms with Crippen LogP contribution in [0.15, 0.2) is 23.1 Å². The van der Waals surface area contributed by atoms with Gasteiger partial charge in [0.15, 0.2) is 0 Å². The Labute approximate surface area is 105 Å².